The molecule has 2 aliphatic heterocycles. The molecule has 2 heterocycles. The van der Waals surface area contributed by atoms with Gasteiger partial charge in [0.2, 0.25) is 0 Å². The highest BCUT2D eigenvalue weighted by Gasteiger charge is 2.28. The van der Waals surface area contributed by atoms with Gasteiger partial charge < -0.3 is 10.2 Å². The molecule has 0 saturated heterocycles. The summed E-state index contributed by atoms with van der Waals surface area (Å²) in [4.78, 5) is 33.4. The van der Waals surface area contributed by atoms with Gasteiger partial charge in [-0.1, -0.05) is 66.7 Å². The summed E-state index contributed by atoms with van der Waals surface area (Å²) >= 11 is 0. The lowest BCUT2D eigenvalue weighted by Gasteiger charge is -2.23. The summed E-state index contributed by atoms with van der Waals surface area (Å²) in [6.45, 7) is 2.66. The summed E-state index contributed by atoms with van der Waals surface area (Å²) in [5.74, 6) is -0.256. The van der Waals surface area contributed by atoms with Crippen molar-refractivity contribution in [1.82, 2.24) is 0 Å². The molecule has 4 aromatic carbocycles. The van der Waals surface area contributed by atoms with Gasteiger partial charge in [0.05, 0.1) is 11.4 Å². The van der Waals surface area contributed by atoms with Crippen LogP contribution in [0.2, 0.25) is 0 Å². The predicted molar refractivity (Wildman–Crippen MR) is 154 cm³/mol. The Labute approximate surface area is 222 Å². The Kier molecular flexibility index (Phi) is 6.18. The molecule has 4 aromatic rings. The Morgan fingerprint density at radius 1 is 0.789 bits per heavy atom. The Bertz CT molecular complexity index is 1600. The summed E-state index contributed by atoms with van der Waals surface area (Å²) in [7, 11) is 0. The van der Waals surface area contributed by atoms with E-state index in [1.165, 1.54) is 5.57 Å². The number of benzene rings is 4. The predicted octanol–water partition coefficient (Wildman–Crippen LogP) is 7.23. The molecule has 1 N–H and O–H groups in total. The van der Waals surface area contributed by atoms with Crippen molar-refractivity contribution in [2.24, 2.45) is 4.99 Å². The molecule has 5 heteroatoms. The summed E-state index contributed by atoms with van der Waals surface area (Å²) in [6.07, 6.45) is 1.67. The Hall–Kier alpha value is -4.77. The van der Waals surface area contributed by atoms with Crippen molar-refractivity contribution in [3.63, 3.8) is 0 Å². The van der Waals surface area contributed by atoms with Gasteiger partial charge in [0, 0.05) is 41.1 Å². The molecule has 5 nitrogen and oxygen atoms in total. The fraction of sp³-hybridized carbons (Fsp3) is 0.121. The molecule has 186 valence electrons. The third-order valence-corrected chi connectivity index (χ3v) is 7.09. The first-order chi connectivity index (χ1) is 18.6. The summed E-state index contributed by atoms with van der Waals surface area (Å²) in [5, 5.41) is 2.99. The van der Waals surface area contributed by atoms with Crippen molar-refractivity contribution < 1.29 is 9.59 Å². The lowest BCUT2D eigenvalue weighted by atomic mass is 9.99. The third kappa shape index (κ3) is 4.43. The van der Waals surface area contributed by atoms with Gasteiger partial charge in [0.15, 0.2) is 0 Å². The smallest absolute Gasteiger partial charge is 0.258 e. The van der Waals surface area contributed by atoms with Gasteiger partial charge >= 0.3 is 0 Å². The van der Waals surface area contributed by atoms with Crippen molar-refractivity contribution >= 4 is 34.6 Å². The van der Waals surface area contributed by atoms with Crippen LogP contribution >= 0.6 is 0 Å². The van der Waals surface area contributed by atoms with Crippen molar-refractivity contribution in [2.75, 3.05) is 16.8 Å². The van der Waals surface area contributed by atoms with Gasteiger partial charge in [-0.25, -0.2) is 0 Å². The van der Waals surface area contributed by atoms with Crippen LogP contribution in [-0.4, -0.2) is 24.1 Å². The quantitative estimate of drug-likeness (QED) is 0.323. The van der Waals surface area contributed by atoms with E-state index in [1.807, 2.05) is 83.8 Å². The lowest BCUT2D eigenvalue weighted by molar-refractivity contribution is 0.0986. The molecule has 0 fully saturated rings. The van der Waals surface area contributed by atoms with E-state index in [2.05, 4.69) is 12.2 Å². The number of hydrogen-bond donors (Lipinski definition) is 1. The SMILES string of the molecule is CC1=NC2=C(CCN(C(=O)c3ccc(NC(=O)c4ccccc4-c4ccccc4)cc3)c3ccccc32)C1. The van der Waals surface area contributed by atoms with Crippen LogP contribution in [0.4, 0.5) is 11.4 Å². The molecule has 2 aliphatic rings. The first-order valence-electron chi connectivity index (χ1n) is 12.8. The van der Waals surface area contributed by atoms with E-state index in [9.17, 15) is 9.59 Å². The Morgan fingerprint density at radius 3 is 2.26 bits per heavy atom. The maximum atomic E-state index is 13.6. The largest absolute Gasteiger partial charge is 0.322 e. The van der Waals surface area contributed by atoms with E-state index in [4.69, 9.17) is 4.99 Å². The van der Waals surface area contributed by atoms with E-state index in [1.54, 1.807) is 24.3 Å². The number of amides is 2. The molecule has 0 saturated carbocycles. The molecule has 2 amide bonds. The normalized spacial score (nSPS) is 14.3. The van der Waals surface area contributed by atoms with Crippen molar-refractivity contribution in [2.45, 2.75) is 19.8 Å². The number of hydrogen-bond acceptors (Lipinski definition) is 3. The zero-order valence-electron chi connectivity index (χ0n) is 21.1. The minimum absolute atomic E-state index is 0.0633. The number of fused-ring (bicyclic) bond motifs is 2. The fourth-order valence-corrected chi connectivity index (χ4v) is 5.25. The number of aliphatic imine (C=N–C) groups is 1. The molecule has 0 spiro atoms. The van der Waals surface area contributed by atoms with Crippen molar-refractivity contribution in [3.8, 4) is 11.1 Å². The summed E-state index contributed by atoms with van der Waals surface area (Å²) < 4.78 is 0. The van der Waals surface area contributed by atoms with E-state index in [0.717, 1.165) is 46.6 Å². The van der Waals surface area contributed by atoms with Crippen LogP contribution in [0.15, 0.2) is 114 Å². The number of carbonyl (C=O) groups is 2. The molecule has 0 atom stereocenters. The maximum Gasteiger partial charge on any atom is 0.258 e. The highest BCUT2D eigenvalue weighted by molar-refractivity contribution is 6.11. The van der Waals surface area contributed by atoms with Crippen LogP contribution in [0.1, 0.15) is 46.0 Å². The number of anilines is 2. The van der Waals surface area contributed by atoms with E-state index in [0.29, 0.717) is 23.4 Å². The van der Waals surface area contributed by atoms with Gasteiger partial charge in [-0.15, -0.1) is 0 Å². The van der Waals surface area contributed by atoms with Crippen molar-refractivity contribution in [3.05, 3.63) is 125 Å². The van der Waals surface area contributed by atoms with E-state index in [-0.39, 0.29) is 11.8 Å². The topological polar surface area (TPSA) is 61.8 Å². The molecule has 0 unspecified atom stereocenters. The van der Waals surface area contributed by atoms with Crippen LogP contribution < -0.4 is 10.2 Å². The van der Waals surface area contributed by atoms with Crippen LogP contribution in [-0.2, 0) is 0 Å². The highest BCUT2D eigenvalue weighted by atomic mass is 16.2. The molecular weight excluding hydrogens is 470 g/mol. The third-order valence-electron chi connectivity index (χ3n) is 7.09. The molecule has 38 heavy (non-hydrogen) atoms. The second-order valence-electron chi connectivity index (χ2n) is 9.64. The lowest BCUT2D eigenvalue weighted by Crippen LogP contribution is -2.32. The van der Waals surface area contributed by atoms with Crippen LogP contribution in [0.5, 0.6) is 0 Å². The van der Waals surface area contributed by atoms with Crippen molar-refractivity contribution in [1.29, 1.82) is 0 Å². The first-order valence-corrected chi connectivity index (χ1v) is 12.8. The minimum atomic E-state index is -0.193. The number of nitrogens with zero attached hydrogens (tertiary/aromatic N) is 2. The fourth-order valence-electron chi connectivity index (χ4n) is 5.25. The molecule has 0 bridgehead atoms. The monoisotopic (exact) mass is 497 g/mol. The second-order valence-corrected chi connectivity index (χ2v) is 9.64. The Balaban J connectivity index is 1.22. The van der Waals surface area contributed by atoms with Gasteiger partial charge in [0.25, 0.3) is 11.8 Å². The minimum Gasteiger partial charge on any atom is -0.322 e. The van der Waals surface area contributed by atoms with Gasteiger partial charge in [-0.05, 0) is 66.4 Å². The second kappa shape index (κ2) is 9.94. The average Bonchev–Trinajstić information content (AvgIpc) is 3.27. The molecule has 0 aliphatic carbocycles. The standard InChI is InChI=1S/C33H27N3O2/c1-22-21-25-19-20-36(30-14-8-7-13-29(30)31(25)34-22)33(38)24-15-17-26(18-16-24)35-32(37)28-12-6-5-11-27(28)23-9-3-2-4-10-23/h2-18H,19-21H2,1H3,(H,35,37). The molecule has 0 radical (unpaired) electrons. The van der Waals surface area contributed by atoms with E-state index < -0.39 is 0 Å². The average molecular weight is 498 g/mol. The first kappa shape index (κ1) is 23.6. The molecule has 0 aromatic heterocycles. The van der Waals surface area contributed by atoms with Crippen LogP contribution in [0, 0.1) is 0 Å². The highest BCUT2D eigenvalue weighted by Crippen LogP contribution is 2.39. The Morgan fingerprint density at radius 2 is 1.47 bits per heavy atom. The molecular formula is C33H27N3O2. The van der Waals surface area contributed by atoms with E-state index >= 15 is 0 Å². The van der Waals surface area contributed by atoms with Crippen LogP contribution in [0.25, 0.3) is 16.8 Å². The van der Waals surface area contributed by atoms with Gasteiger partial charge in [-0.3, -0.25) is 14.6 Å². The summed E-state index contributed by atoms with van der Waals surface area (Å²) in [5.41, 5.74) is 8.98. The number of carbonyl (C=O) groups excluding carboxylic acids is 2. The van der Waals surface area contributed by atoms with Gasteiger partial charge in [-0.2, -0.15) is 0 Å². The zero-order valence-corrected chi connectivity index (χ0v) is 21.1. The number of nitrogens with one attached hydrogen (secondary N) is 1. The maximum absolute atomic E-state index is 13.6. The molecule has 6 rings (SSSR count). The zero-order chi connectivity index (χ0) is 26.1. The van der Waals surface area contributed by atoms with Gasteiger partial charge in [0.1, 0.15) is 0 Å². The summed E-state index contributed by atoms with van der Waals surface area (Å²) in [6, 6.07) is 32.5. The number of para-hydroxylation sites is 1. The van der Waals surface area contributed by atoms with Crippen LogP contribution in [0.3, 0.4) is 0 Å². The number of rotatable bonds is 4.